The van der Waals surface area contributed by atoms with Crippen LogP contribution in [0.2, 0.25) is 10.0 Å². The standard InChI is InChI=1S/C19H15Cl2N/c20-17-7-4-8-18(19(17)21)22-13-14-9-11-16(12-10-14)15-5-2-1-3-6-15/h1-12,22H,13H2. The van der Waals surface area contributed by atoms with E-state index in [1.165, 1.54) is 16.7 Å². The van der Waals surface area contributed by atoms with Crippen molar-refractivity contribution in [3.05, 3.63) is 88.4 Å². The van der Waals surface area contributed by atoms with Crippen LogP contribution in [-0.4, -0.2) is 0 Å². The number of hydrogen-bond donors (Lipinski definition) is 1. The Hall–Kier alpha value is -1.96. The van der Waals surface area contributed by atoms with Gasteiger partial charge in [-0.15, -0.1) is 0 Å². The lowest BCUT2D eigenvalue weighted by Gasteiger charge is -2.10. The van der Waals surface area contributed by atoms with Gasteiger partial charge >= 0.3 is 0 Å². The number of rotatable bonds is 4. The molecule has 0 aromatic heterocycles. The van der Waals surface area contributed by atoms with E-state index in [4.69, 9.17) is 23.2 Å². The van der Waals surface area contributed by atoms with Crippen molar-refractivity contribution >= 4 is 28.9 Å². The van der Waals surface area contributed by atoms with Crippen molar-refractivity contribution in [1.82, 2.24) is 0 Å². The van der Waals surface area contributed by atoms with Gasteiger partial charge in [-0.1, -0.05) is 83.9 Å². The maximum absolute atomic E-state index is 6.17. The molecule has 0 fully saturated rings. The number of nitrogens with one attached hydrogen (secondary N) is 1. The molecular weight excluding hydrogens is 313 g/mol. The lowest BCUT2D eigenvalue weighted by Crippen LogP contribution is -1.99. The normalized spacial score (nSPS) is 10.5. The maximum Gasteiger partial charge on any atom is 0.0823 e. The summed E-state index contributed by atoms with van der Waals surface area (Å²) in [6.45, 7) is 0.704. The minimum atomic E-state index is 0.560. The Kier molecular flexibility index (Phi) is 4.67. The highest BCUT2D eigenvalue weighted by Gasteiger charge is 2.04. The average Bonchev–Trinajstić information content (AvgIpc) is 2.57. The number of halogens is 2. The molecule has 0 saturated heterocycles. The van der Waals surface area contributed by atoms with E-state index >= 15 is 0 Å². The van der Waals surface area contributed by atoms with Crippen molar-refractivity contribution in [3.8, 4) is 11.1 Å². The molecule has 110 valence electrons. The van der Waals surface area contributed by atoms with Crippen LogP contribution in [0.25, 0.3) is 11.1 Å². The quantitative estimate of drug-likeness (QED) is 0.595. The van der Waals surface area contributed by atoms with E-state index in [9.17, 15) is 0 Å². The van der Waals surface area contributed by atoms with Gasteiger partial charge in [0.1, 0.15) is 0 Å². The van der Waals surface area contributed by atoms with E-state index in [0.717, 1.165) is 5.69 Å². The van der Waals surface area contributed by atoms with Gasteiger partial charge in [0, 0.05) is 6.54 Å². The topological polar surface area (TPSA) is 12.0 Å². The van der Waals surface area contributed by atoms with Gasteiger partial charge in [-0.25, -0.2) is 0 Å². The summed E-state index contributed by atoms with van der Waals surface area (Å²) in [4.78, 5) is 0. The van der Waals surface area contributed by atoms with E-state index in [0.29, 0.717) is 16.6 Å². The smallest absolute Gasteiger partial charge is 0.0823 e. The molecule has 0 unspecified atom stereocenters. The molecule has 3 aromatic carbocycles. The number of benzene rings is 3. The Bertz CT molecular complexity index is 752. The van der Waals surface area contributed by atoms with Gasteiger partial charge in [0.2, 0.25) is 0 Å². The average molecular weight is 328 g/mol. The van der Waals surface area contributed by atoms with Crippen molar-refractivity contribution < 1.29 is 0 Å². The summed E-state index contributed by atoms with van der Waals surface area (Å²) in [7, 11) is 0. The second kappa shape index (κ2) is 6.87. The van der Waals surface area contributed by atoms with E-state index < -0.39 is 0 Å². The minimum absolute atomic E-state index is 0.560. The molecule has 1 N–H and O–H groups in total. The molecule has 0 atom stereocenters. The van der Waals surface area contributed by atoms with Crippen LogP contribution in [0.15, 0.2) is 72.8 Å². The molecule has 3 rings (SSSR count). The fraction of sp³-hybridized carbons (Fsp3) is 0.0526. The molecule has 0 spiro atoms. The van der Waals surface area contributed by atoms with E-state index in [2.05, 4.69) is 41.7 Å². The fourth-order valence-corrected chi connectivity index (χ4v) is 2.65. The summed E-state index contributed by atoms with van der Waals surface area (Å²) < 4.78 is 0. The summed E-state index contributed by atoms with van der Waals surface area (Å²) in [5, 5.41) is 4.43. The first kappa shape index (κ1) is 15.0. The molecule has 3 heteroatoms. The van der Waals surface area contributed by atoms with Crippen molar-refractivity contribution in [2.45, 2.75) is 6.54 Å². The third kappa shape index (κ3) is 3.44. The first-order chi connectivity index (χ1) is 10.7. The monoisotopic (exact) mass is 327 g/mol. The largest absolute Gasteiger partial charge is 0.380 e. The summed E-state index contributed by atoms with van der Waals surface area (Å²) in [5.41, 5.74) is 4.47. The van der Waals surface area contributed by atoms with Crippen LogP contribution in [0.1, 0.15) is 5.56 Å². The molecule has 0 bridgehead atoms. The highest BCUT2D eigenvalue weighted by Crippen LogP contribution is 2.30. The molecule has 0 amide bonds. The van der Waals surface area contributed by atoms with Gasteiger partial charge in [0.15, 0.2) is 0 Å². The van der Waals surface area contributed by atoms with Gasteiger partial charge in [0.25, 0.3) is 0 Å². The fourth-order valence-electron chi connectivity index (χ4n) is 2.28. The highest BCUT2D eigenvalue weighted by molar-refractivity contribution is 6.43. The molecule has 0 saturated carbocycles. The Labute approximate surface area is 140 Å². The zero-order chi connectivity index (χ0) is 15.4. The Morgan fingerprint density at radius 2 is 1.36 bits per heavy atom. The summed E-state index contributed by atoms with van der Waals surface area (Å²) >= 11 is 12.2. The second-order valence-corrected chi connectivity index (χ2v) is 5.80. The molecule has 0 heterocycles. The molecule has 0 aliphatic heterocycles. The predicted molar refractivity (Wildman–Crippen MR) is 95.7 cm³/mol. The lowest BCUT2D eigenvalue weighted by atomic mass is 10.0. The van der Waals surface area contributed by atoms with Crippen LogP contribution in [0.3, 0.4) is 0 Å². The molecule has 0 radical (unpaired) electrons. The summed E-state index contributed by atoms with van der Waals surface area (Å²) in [6.07, 6.45) is 0. The van der Waals surface area contributed by atoms with Crippen LogP contribution >= 0.6 is 23.2 Å². The van der Waals surface area contributed by atoms with Crippen LogP contribution in [-0.2, 0) is 6.54 Å². The highest BCUT2D eigenvalue weighted by atomic mass is 35.5. The first-order valence-corrected chi connectivity index (χ1v) is 7.82. The molecular formula is C19H15Cl2N. The van der Waals surface area contributed by atoms with Crippen LogP contribution in [0.5, 0.6) is 0 Å². The summed E-state index contributed by atoms with van der Waals surface area (Å²) in [5.74, 6) is 0. The predicted octanol–water partition coefficient (Wildman–Crippen LogP) is 6.27. The zero-order valence-electron chi connectivity index (χ0n) is 11.9. The Morgan fingerprint density at radius 1 is 0.682 bits per heavy atom. The minimum Gasteiger partial charge on any atom is -0.380 e. The molecule has 0 aliphatic rings. The van der Waals surface area contributed by atoms with E-state index in [1.54, 1.807) is 6.07 Å². The summed E-state index contributed by atoms with van der Waals surface area (Å²) in [6, 6.07) is 24.4. The Morgan fingerprint density at radius 3 is 2.09 bits per heavy atom. The van der Waals surface area contributed by atoms with Gasteiger partial charge in [-0.3, -0.25) is 0 Å². The zero-order valence-corrected chi connectivity index (χ0v) is 13.4. The van der Waals surface area contributed by atoms with E-state index in [1.807, 2.05) is 30.3 Å². The molecule has 3 aromatic rings. The van der Waals surface area contributed by atoms with Crippen molar-refractivity contribution in [1.29, 1.82) is 0 Å². The SMILES string of the molecule is Clc1cccc(NCc2ccc(-c3ccccc3)cc2)c1Cl. The van der Waals surface area contributed by atoms with Crippen molar-refractivity contribution in [2.75, 3.05) is 5.32 Å². The van der Waals surface area contributed by atoms with Gasteiger partial charge in [0.05, 0.1) is 15.7 Å². The van der Waals surface area contributed by atoms with Crippen LogP contribution < -0.4 is 5.32 Å². The first-order valence-electron chi connectivity index (χ1n) is 7.06. The van der Waals surface area contributed by atoms with Crippen LogP contribution in [0.4, 0.5) is 5.69 Å². The van der Waals surface area contributed by atoms with Crippen molar-refractivity contribution in [3.63, 3.8) is 0 Å². The van der Waals surface area contributed by atoms with Gasteiger partial charge in [-0.05, 0) is 28.8 Å². The number of hydrogen-bond acceptors (Lipinski definition) is 1. The van der Waals surface area contributed by atoms with E-state index in [-0.39, 0.29) is 0 Å². The maximum atomic E-state index is 6.17. The Balaban J connectivity index is 1.70. The third-order valence-corrected chi connectivity index (χ3v) is 4.31. The molecule has 22 heavy (non-hydrogen) atoms. The van der Waals surface area contributed by atoms with Gasteiger partial charge < -0.3 is 5.32 Å². The lowest BCUT2D eigenvalue weighted by molar-refractivity contribution is 1.15. The second-order valence-electron chi connectivity index (χ2n) is 5.02. The van der Waals surface area contributed by atoms with Gasteiger partial charge in [-0.2, -0.15) is 0 Å². The van der Waals surface area contributed by atoms with Crippen molar-refractivity contribution in [2.24, 2.45) is 0 Å². The molecule has 0 aliphatic carbocycles. The third-order valence-electron chi connectivity index (χ3n) is 3.50. The number of anilines is 1. The van der Waals surface area contributed by atoms with Crippen LogP contribution in [0, 0.1) is 0 Å². The molecule has 1 nitrogen and oxygen atoms in total.